The van der Waals surface area contributed by atoms with Crippen molar-refractivity contribution in [3.63, 3.8) is 0 Å². The third kappa shape index (κ3) is 4.42. The monoisotopic (exact) mass is 381 g/mol. The summed E-state index contributed by atoms with van der Waals surface area (Å²) in [5.74, 6) is -0.252. The number of hydrogen-bond acceptors (Lipinski definition) is 5. The van der Waals surface area contributed by atoms with Gasteiger partial charge in [-0.1, -0.05) is 25.3 Å². The predicted molar refractivity (Wildman–Crippen MR) is 105 cm³/mol. The zero-order valence-electron chi connectivity index (χ0n) is 15.3. The lowest BCUT2D eigenvalue weighted by molar-refractivity contribution is 0.461. The van der Waals surface area contributed by atoms with Crippen molar-refractivity contribution in [2.75, 3.05) is 10.6 Å². The standard InChI is InChI=1S/C21H21F2N5/c22-14-9-10-16(23)18(12-14)26-20-13-19(17-8-4-5-11-24-17)27-21(28-20)25-15-6-2-1-3-7-15/h4-5,8-13,15H,1-3,6-7H2,(H2,25,26,27,28). The maximum Gasteiger partial charge on any atom is 0.225 e. The fourth-order valence-electron chi connectivity index (χ4n) is 3.38. The quantitative estimate of drug-likeness (QED) is 0.627. The molecule has 0 spiro atoms. The Labute approximate surface area is 162 Å². The number of benzene rings is 1. The van der Waals surface area contributed by atoms with Gasteiger partial charge in [0.25, 0.3) is 0 Å². The molecule has 3 aromatic rings. The van der Waals surface area contributed by atoms with Gasteiger partial charge in [0.2, 0.25) is 5.95 Å². The lowest BCUT2D eigenvalue weighted by Crippen LogP contribution is -2.23. The van der Waals surface area contributed by atoms with Gasteiger partial charge in [0.1, 0.15) is 17.5 Å². The molecule has 1 aliphatic carbocycles. The summed E-state index contributed by atoms with van der Waals surface area (Å²) in [5, 5.41) is 6.25. The molecule has 0 unspecified atom stereocenters. The zero-order valence-corrected chi connectivity index (χ0v) is 15.3. The molecule has 5 nitrogen and oxygen atoms in total. The van der Waals surface area contributed by atoms with Crippen molar-refractivity contribution in [2.24, 2.45) is 0 Å². The van der Waals surface area contributed by atoms with E-state index in [0.717, 1.165) is 31.0 Å². The Morgan fingerprint density at radius 3 is 2.54 bits per heavy atom. The summed E-state index contributed by atoms with van der Waals surface area (Å²) >= 11 is 0. The second-order valence-electron chi connectivity index (χ2n) is 6.91. The lowest BCUT2D eigenvalue weighted by atomic mass is 9.96. The molecule has 144 valence electrons. The summed E-state index contributed by atoms with van der Waals surface area (Å²) in [4.78, 5) is 13.4. The van der Waals surface area contributed by atoms with Crippen LogP contribution in [0.3, 0.4) is 0 Å². The van der Waals surface area contributed by atoms with Gasteiger partial charge in [-0.05, 0) is 37.1 Å². The third-order valence-corrected chi connectivity index (χ3v) is 4.78. The minimum absolute atomic E-state index is 0.0225. The fraction of sp³-hybridized carbons (Fsp3) is 0.286. The smallest absolute Gasteiger partial charge is 0.225 e. The molecular formula is C21H21F2N5. The highest BCUT2D eigenvalue weighted by Gasteiger charge is 2.16. The summed E-state index contributed by atoms with van der Waals surface area (Å²) in [6.45, 7) is 0. The highest BCUT2D eigenvalue weighted by Crippen LogP contribution is 2.26. The van der Waals surface area contributed by atoms with Crippen molar-refractivity contribution in [1.82, 2.24) is 15.0 Å². The van der Waals surface area contributed by atoms with E-state index in [-0.39, 0.29) is 5.69 Å². The average molecular weight is 381 g/mol. The molecule has 1 saturated carbocycles. The molecule has 2 N–H and O–H groups in total. The van der Waals surface area contributed by atoms with E-state index in [1.807, 2.05) is 18.2 Å². The van der Waals surface area contributed by atoms with Crippen LogP contribution >= 0.6 is 0 Å². The Kier molecular flexibility index (Phi) is 5.41. The van der Waals surface area contributed by atoms with Crippen LogP contribution in [0.5, 0.6) is 0 Å². The molecule has 1 aliphatic rings. The first kappa shape index (κ1) is 18.3. The van der Waals surface area contributed by atoms with Gasteiger partial charge in [-0.15, -0.1) is 0 Å². The van der Waals surface area contributed by atoms with Crippen LogP contribution in [0.1, 0.15) is 32.1 Å². The van der Waals surface area contributed by atoms with Crippen LogP contribution in [0.4, 0.5) is 26.2 Å². The Bertz CT molecular complexity index is 943. The van der Waals surface area contributed by atoms with E-state index in [1.54, 1.807) is 12.3 Å². The Hall–Kier alpha value is -3.09. The molecule has 1 fully saturated rings. The van der Waals surface area contributed by atoms with Crippen LogP contribution in [-0.4, -0.2) is 21.0 Å². The van der Waals surface area contributed by atoms with Crippen molar-refractivity contribution in [2.45, 2.75) is 38.1 Å². The molecule has 0 aliphatic heterocycles. The first-order valence-corrected chi connectivity index (χ1v) is 9.46. The Morgan fingerprint density at radius 1 is 0.893 bits per heavy atom. The SMILES string of the molecule is Fc1ccc(F)c(Nc2cc(-c3ccccn3)nc(NC3CCCCC3)n2)c1. The molecule has 7 heteroatoms. The predicted octanol–water partition coefficient (Wildman–Crippen LogP) is 5.31. The van der Waals surface area contributed by atoms with Crippen LogP contribution in [0.15, 0.2) is 48.7 Å². The van der Waals surface area contributed by atoms with Gasteiger partial charge >= 0.3 is 0 Å². The molecule has 2 heterocycles. The summed E-state index contributed by atoms with van der Waals surface area (Å²) in [7, 11) is 0. The van der Waals surface area contributed by atoms with Gasteiger partial charge in [-0.2, -0.15) is 4.98 Å². The number of rotatable bonds is 5. The highest BCUT2D eigenvalue weighted by molar-refractivity contribution is 5.65. The van der Waals surface area contributed by atoms with Crippen molar-refractivity contribution in [3.05, 3.63) is 60.3 Å². The number of nitrogens with zero attached hydrogens (tertiary/aromatic N) is 3. The van der Waals surface area contributed by atoms with Gasteiger partial charge in [0, 0.05) is 24.4 Å². The normalized spacial score (nSPS) is 14.6. The van der Waals surface area contributed by atoms with Crippen molar-refractivity contribution >= 4 is 17.5 Å². The van der Waals surface area contributed by atoms with E-state index < -0.39 is 11.6 Å². The molecule has 4 rings (SSSR count). The third-order valence-electron chi connectivity index (χ3n) is 4.78. The summed E-state index contributed by atoms with van der Waals surface area (Å²) in [5.41, 5.74) is 1.31. The summed E-state index contributed by atoms with van der Waals surface area (Å²) in [6.07, 6.45) is 7.43. The van der Waals surface area contributed by atoms with E-state index in [9.17, 15) is 8.78 Å². The summed E-state index contributed by atoms with van der Waals surface area (Å²) in [6, 6.07) is 10.8. The van der Waals surface area contributed by atoms with Crippen molar-refractivity contribution in [3.8, 4) is 11.4 Å². The minimum Gasteiger partial charge on any atom is -0.351 e. The van der Waals surface area contributed by atoms with E-state index in [1.165, 1.54) is 19.3 Å². The maximum absolute atomic E-state index is 14.1. The molecule has 0 radical (unpaired) electrons. The second-order valence-corrected chi connectivity index (χ2v) is 6.91. The van der Waals surface area contributed by atoms with E-state index in [4.69, 9.17) is 0 Å². The largest absolute Gasteiger partial charge is 0.351 e. The van der Waals surface area contributed by atoms with E-state index in [2.05, 4.69) is 25.6 Å². The molecule has 0 atom stereocenters. The van der Waals surface area contributed by atoms with Gasteiger partial charge in [-0.3, -0.25) is 4.98 Å². The number of pyridine rings is 1. The molecule has 0 amide bonds. The van der Waals surface area contributed by atoms with Crippen LogP contribution in [0, 0.1) is 11.6 Å². The molecule has 28 heavy (non-hydrogen) atoms. The van der Waals surface area contributed by atoms with Crippen LogP contribution in [0.25, 0.3) is 11.4 Å². The van der Waals surface area contributed by atoms with Crippen LogP contribution in [0.2, 0.25) is 0 Å². The van der Waals surface area contributed by atoms with Gasteiger partial charge in [-0.25, -0.2) is 13.8 Å². The number of hydrogen-bond donors (Lipinski definition) is 2. The van der Waals surface area contributed by atoms with Gasteiger partial charge < -0.3 is 10.6 Å². The molecular weight excluding hydrogens is 360 g/mol. The highest BCUT2D eigenvalue weighted by atomic mass is 19.1. The number of anilines is 3. The molecule has 1 aromatic carbocycles. The molecule has 0 bridgehead atoms. The number of nitrogens with one attached hydrogen (secondary N) is 2. The van der Waals surface area contributed by atoms with Crippen molar-refractivity contribution < 1.29 is 8.78 Å². The number of aromatic nitrogens is 3. The Morgan fingerprint density at radius 2 is 1.75 bits per heavy atom. The van der Waals surface area contributed by atoms with Gasteiger partial charge in [0.15, 0.2) is 0 Å². The molecule has 2 aromatic heterocycles. The summed E-state index contributed by atoms with van der Waals surface area (Å²) < 4.78 is 27.6. The maximum atomic E-state index is 14.1. The topological polar surface area (TPSA) is 62.7 Å². The first-order chi connectivity index (χ1) is 13.7. The van der Waals surface area contributed by atoms with E-state index >= 15 is 0 Å². The number of halogens is 2. The second kappa shape index (κ2) is 8.29. The van der Waals surface area contributed by atoms with Crippen LogP contribution in [-0.2, 0) is 0 Å². The molecule has 0 saturated heterocycles. The fourth-order valence-corrected chi connectivity index (χ4v) is 3.38. The Balaban J connectivity index is 1.67. The first-order valence-electron chi connectivity index (χ1n) is 9.46. The van der Waals surface area contributed by atoms with Crippen molar-refractivity contribution in [1.29, 1.82) is 0 Å². The lowest BCUT2D eigenvalue weighted by Gasteiger charge is -2.23. The minimum atomic E-state index is -0.554. The average Bonchev–Trinajstić information content (AvgIpc) is 2.72. The zero-order chi connectivity index (χ0) is 19.3. The van der Waals surface area contributed by atoms with E-state index in [0.29, 0.717) is 29.2 Å². The van der Waals surface area contributed by atoms with Gasteiger partial charge in [0.05, 0.1) is 17.1 Å². The van der Waals surface area contributed by atoms with Crippen LogP contribution < -0.4 is 10.6 Å².